The van der Waals surface area contributed by atoms with Crippen LogP contribution < -0.4 is 4.90 Å². The van der Waals surface area contributed by atoms with Gasteiger partial charge in [0.2, 0.25) is 0 Å². The summed E-state index contributed by atoms with van der Waals surface area (Å²) in [6.45, 7) is 14.7. The lowest BCUT2D eigenvalue weighted by Crippen LogP contribution is -2.42. The summed E-state index contributed by atoms with van der Waals surface area (Å²) in [5.41, 5.74) is 15.7. The predicted octanol–water partition coefficient (Wildman–Crippen LogP) is 15.6. The normalized spacial score (nSPS) is 15.2. The van der Waals surface area contributed by atoms with E-state index in [1.165, 1.54) is 77.2 Å². The highest BCUT2D eigenvalue weighted by atomic mass is 15.1. The molecule has 0 bridgehead atoms. The molecular formula is C57H49N3. The van der Waals surface area contributed by atoms with E-state index < -0.39 is 0 Å². The molecule has 0 aliphatic heterocycles. The molecule has 0 spiro atoms. The van der Waals surface area contributed by atoms with Crippen LogP contribution in [0.3, 0.4) is 0 Å². The van der Waals surface area contributed by atoms with Gasteiger partial charge in [-0.15, -0.1) is 0 Å². The van der Waals surface area contributed by atoms with Crippen molar-refractivity contribution in [2.75, 3.05) is 4.90 Å². The van der Waals surface area contributed by atoms with Crippen molar-refractivity contribution < 1.29 is 0 Å². The predicted molar refractivity (Wildman–Crippen MR) is 255 cm³/mol. The van der Waals surface area contributed by atoms with Crippen LogP contribution in [0.2, 0.25) is 0 Å². The van der Waals surface area contributed by atoms with E-state index >= 15 is 0 Å². The first kappa shape index (κ1) is 36.3. The van der Waals surface area contributed by atoms with Crippen molar-refractivity contribution in [1.82, 2.24) is 9.13 Å². The second-order valence-corrected chi connectivity index (χ2v) is 18.3. The van der Waals surface area contributed by atoms with Gasteiger partial charge in [0.15, 0.2) is 0 Å². The molecule has 1 aliphatic carbocycles. The van der Waals surface area contributed by atoms with E-state index in [2.05, 4.69) is 244 Å². The maximum absolute atomic E-state index is 2.54. The molecule has 10 aromatic rings. The third-order valence-electron chi connectivity index (χ3n) is 14.8. The molecule has 0 atom stereocenters. The number of benzene rings is 8. The van der Waals surface area contributed by atoms with Crippen molar-refractivity contribution in [1.29, 1.82) is 0 Å². The fraction of sp³-hybridized carbons (Fsp3) is 0.158. The van der Waals surface area contributed by atoms with Crippen LogP contribution >= 0.6 is 0 Å². The van der Waals surface area contributed by atoms with Crippen LogP contribution in [0.15, 0.2) is 188 Å². The molecular weight excluding hydrogens is 727 g/mol. The summed E-state index contributed by atoms with van der Waals surface area (Å²) < 4.78 is 4.80. The van der Waals surface area contributed by atoms with Gasteiger partial charge in [-0.2, -0.15) is 0 Å². The minimum Gasteiger partial charge on any atom is -0.310 e. The fourth-order valence-electron chi connectivity index (χ4n) is 10.4. The molecule has 0 amide bonds. The van der Waals surface area contributed by atoms with Gasteiger partial charge in [0.25, 0.3) is 0 Å². The van der Waals surface area contributed by atoms with E-state index in [1.54, 1.807) is 0 Å². The SMILES string of the molecule is CC1(C)c2cc(-c3ccc4c(c3)c3ccccc3n4-c3ccccc3)c(N(c3ccccc3)c3ccc(-n4c5ccccc5c5ccccc54)cc3)cc2C(C)(C)C1(C)C. The summed E-state index contributed by atoms with van der Waals surface area (Å²) in [5.74, 6) is 0. The van der Waals surface area contributed by atoms with Gasteiger partial charge in [0, 0.05) is 49.9 Å². The Morgan fingerprint density at radius 3 is 1.37 bits per heavy atom. The van der Waals surface area contributed by atoms with Crippen molar-refractivity contribution in [3.05, 3.63) is 199 Å². The Hall–Kier alpha value is -6.84. The number of nitrogens with zero attached hydrogens (tertiary/aromatic N) is 3. The Balaban J connectivity index is 1.16. The highest BCUT2D eigenvalue weighted by Gasteiger charge is 2.57. The molecule has 0 N–H and O–H groups in total. The van der Waals surface area contributed by atoms with E-state index in [4.69, 9.17) is 0 Å². The third-order valence-corrected chi connectivity index (χ3v) is 14.8. The lowest BCUT2D eigenvalue weighted by atomic mass is 9.59. The van der Waals surface area contributed by atoms with Crippen molar-refractivity contribution in [2.45, 2.75) is 52.4 Å². The van der Waals surface area contributed by atoms with Crippen LogP contribution in [0.1, 0.15) is 52.7 Å². The minimum atomic E-state index is -0.0745. The molecule has 0 fully saturated rings. The van der Waals surface area contributed by atoms with E-state index in [1.807, 2.05) is 0 Å². The number of fused-ring (bicyclic) bond motifs is 7. The van der Waals surface area contributed by atoms with Gasteiger partial charge in [-0.05, 0) is 124 Å². The zero-order valence-corrected chi connectivity index (χ0v) is 35.2. The second kappa shape index (κ2) is 13.1. The number of rotatable bonds is 6. The van der Waals surface area contributed by atoms with Crippen molar-refractivity contribution in [3.8, 4) is 22.5 Å². The fourth-order valence-corrected chi connectivity index (χ4v) is 10.4. The lowest BCUT2D eigenvalue weighted by molar-refractivity contribution is 0.125. The summed E-state index contributed by atoms with van der Waals surface area (Å²) in [6, 6.07) is 69.3. The highest BCUT2D eigenvalue weighted by molar-refractivity contribution is 6.11. The summed E-state index contributed by atoms with van der Waals surface area (Å²) >= 11 is 0. The van der Waals surface area contributed by atoms with Crippen LogP contribution in [0.25, 0.3) is 66.1 Å². The molecule has 0 radical (unpaired) electrons. The minimum absolute atomic E-state index is 0.00677. The molecule has 11 rings (SSSR count). The van der Waals surface area contributed by atoms with Gasteiger partial charge in [0.05, 0.1) is 27.8 Å². The van der Waals surface area contributed by atoms with Gasteiger partial charge < -0.3 is 14.0 Å². The topological polar surface area (TPSA) is 13.1 Å². The van der Waals surface area contributed by atoms with Crippen molar-refractivity contribution in [3.63, 3.8) is 0 Å². The second-order valence-electron chi connectivity index (χ2n) is 18.3. The Morgan fingerprint density at radius 2 is 0.800 bits per heavy atom. The van der Waals surface area contributed by atoms with Crippen molar-refractivity contribution in [2.24, 2.45) is 5.41 Å². The molecule has 8 aromatic carbocycles. The van der Waals surface area contributed by atoms with Gasteiger partial charge in [-0.25, -0.2) is 0 Å². The smallest absolute Gasteiger partial charge is 0.0543 e. The van der Waals surface area contributed by atoms with E-state index in [0.29, 0.717) is 0 Å². The van der Waals surface area contributed by atoms with Crippen LogP contribution in [-0.4, -0.2) is 9.13 Å². The van der Waals surface area contributed by atoms with Crippen molar-refractivity contribution >= 4 is 60.7 Å². The Kier molecular flexibility index (Phi) is 7.90. The van der Waals surface area contributed by atoms with Crippen LogP contribution in [0.5, 0.6) is 0 Å². The molecule has 2 heterocycles. The highest BCUT2D eigenvalue weighted by Crippen LogP contribution is 2.63. The zero-order chi connectivity index (χ0) is 41.0. The van der Waals surface area contributed by atoms with Crippen LogP contribution in [-0.2, 0) is 10.8 Å². The Morgan fingerprint density at radius 1 is 0.367 bits per heavy atom. The average molecular weight is 776 g/mol. The first-order valence-electron chi connectivity index (χ1n) is 21.3. The Labute approximate surface area is 352 Å². The van der Waals surface area contributed by atoms with E-state index in [0.717, 1.165) is 17.1 Å². The summed E-state index contributed by atoms with van der Waals surface area (Å²) in [5, 5.41) is 5.04. The quantitative estimate of drug-likeness (QED) is 0.164. The number of hydrogen-bond acceptors (Lipinski definition) is 1. The maximum atomic E-state index is 2.54. The molecule has 0 saturated heterocycles. The number of aromatic nitrogens is 2. The number of anilines is 3. The average Bonchev–Trinajstić information content (AvgIpc) is 3.82. The van der Waals surface area contributed by atoms with Gasteiger partial charge in [-0.1, -0.05) is 139 Å². The number of para-hydroxylation sites is 5. The molecule has 0 saturated carbocycles. The number of hydrogen-bond donors (Lipinski definition) is 0. The summed E-state index contributed by atoms with van der Waals surface area (Å²) in [7, 11) is 0. The monoisotopic (exact) mass is 775 g/mol. The van der Waals surface area contributed by atoms with Gasteiger partial charge >= 0.3 is 0 Å². The molecule has 292 valence electrons. The third kappa shape index (κ3) is 5.08. The maximum Gasteiger partial charge on any atom is 0.0543 e. The summed E-state index contributed by atoms with van der Waals surface area (Å²) in [4.78, 5) is 2.48. The molecule has 3 heteroatoms. The molecule has 1 aliphatic rings. The van der Waals surface area contributed by atoms with E-state index in [-0.39, 0.29) is 16.2 Å². The standard InChI is InChI=1S/C57H49N3/c1-55(2)48-36-46(38-29-34-53-47(35-38)45-25-15-18-28-52(45)59(53)40-21-11-8-12-22-40)54(37-49(48)56(3,4)57(55,5)6)58(39-19-9-7-10-20-39)41-30-32-42(33-31-41)60-50-26-16-13-23-43(50)44-24-14-17-27-51(44)60/h7-37H,1-6H3. The Bertz CT molecular complexity index is 3220. The van der Waals surface area contributed by atoms with Gasteiger partial charge in [0.1, 0.15) is 0 Å². The zero-order valence-electron chi connectivity index (χ0n) is 35.2. The molecule has 3 nitrogen and oxygen atoms in total. The van der Waals surface area contributed by atoms with Crippen LogP contribution in [0.4, 0.5) is 17.1 Å². The first-order valence-corrected chi connectivity index (χ1v) is 21.3. The largest absolute Gasteiger partial charge is 0.310 e. The van der Waals surface area contributed by atoms with Gasteiger partial charge in [-0.3, -0.25) is 0 Å². The van der Waals surface area contributed by atoms with E-state index in [9.17, 15) is 0 Å². The molecule has 0 unspecified atom stereocenters. The molecule has 2 aromatic heterocycles. The van der Waals surface area contributed by atoms with Crippen LogP contribution in [0, 0.1) is 5.41 Å². The lowest BCUT2D eigenvalue weighted by Gasteiger charge is -2.44. The first-order chi connectivity index (χ1) is 29.1. The summed E-state index contributed by atoms with van der Waals surface area (Å²) in [6.07, 6.45) is 0. The molecule has 60 heavy (non-hydrogen) atoms.